The Morgan fingerprint density at radius 3 is 1.80 bits per heavy atom. The fourth-order valence-electron chi connectivity index (χ4n) is 4.70. The molecule has 19 nitrogen and oxygen atoms in total. The molecule has 0 radical (unpaired) electrons. The molecule has 2 atom stereocenters. The Balaban J connectivity index is 2.17. The van der Waals surface area contributed by atoms with Crippen molar-refractivity contribution in [3.05, 3.63) is 35.5 Å². The van der Waals surface area contributed by atoms with Crippen molar-refractivity contribution in [2.24, 2.45) is 0 Å². The molecule has 0 spiro atoms. The Hall–Kier alpha value is -5.40. The Labute approximate surface area is 279 Å². The molecule has 1 aromatic carbocycles. The highest BCUT2D eigenvalue weighted by Crippen LogP contribution is 2.32. The van der Waals surface area contributed by atoms with E-state index in [1.54, 1.807) is 9.80 Å². The number of methoxy groups -OCH3 is 2. The number of morpholine rings is 1. The lowest BCUT2D eigenvalue weighted by Gasteiger charge is -2.31. The summed E-state index contributed by atoms with van der Waals surface area (Å²) in [6, 6.07) is 2.35. The summed E-state index contributed by atoms with van der Waals surface area (Å²) in [5.41, 5.74) is 0.404. The Bertz CT molecular complexity index is 1510. The lowest BCUT2D eigenvalue weighted by Crippen LogP contribution is -2.44. The molecule has 2 aromatic rings. The lowest BCUT2D eigenvalue weighted by atomic mass is 10.1. The van der Waals surface area contributed by atoms with E-state index in [-0.39, 0.29) is 68.1 Å². The summed E-state index contributed by atoms with van der Waals surface area (Å²) in [6.07, 6.45) is -1.71. The van der Waals surface area contributed by atoms with Crippen LogP contribution in [-0.2, 0) is 33.4 Å². The van der Waals surface area contributed by atoms with E-state index >= 15 is 0 Å². The summed E-state index contributed by atoms with van der Waals surface area (Å²) in [5, 5.41) is 41.5. The fraction of sp³-hybridized carbons (Fsp3) is 0.467. The van der Waals surface area contributed by atoms with Gasteiger partial charge in [-0.2, -0.15) is 0 Å². The van der Waals surface area contributed by atoms with Gasteiger partial charge in [0.25, 0.3) is 11.8 Å². The number of carbonyl (C=O) groups is 6. The monoisotopic (exact) mass is 690 g/mol. The number of hydrogen-bond donors (Lipinski definition) is 6. The van der Waals surface area contributed by atoms with Crippen LogP contribution in [0.3, 0.4) is 0 Å². The molecule has 266 valence electrons. The fourth-order valence-corrected chi connectivity index (χ4v) is 4.70. The first kappa shape index (κ1) is 38.1. The zero-order chi connectivity index (χ0) is 36.1. The van der Waals surface area contributed by atoms with E-state index in [9.17, 15) is 44.1 Å². The van der Waals surface area contributed by atoms with Gasteiger partial charge in [0, 0.05) is 51.5 Å². The molecule has 1 saturated heterocycles. The maximum absolute atomic E-state index is 13.7. The topological polar surface area (TPSA) is 267 Å². The average molecular weight is 691 g/mol. The van der Waals surface area contributed by atoms with E-state index in [4.69, 9.17) is 24.3 Å². The van der Waals surface area contributed by atoms with Gasteiger partial charge in [0.2, 0.25) is 0 Å². The van der Waals surface area contributed by atoms with Crippen molar-refractivity contribution >= 4 is 47.3 Å². The molecule has 0 bridgehead atoms. The SMILES string of the molecule is COCCN(CCOC)c1nc(C(=O)N[C@H](CC(=O)O)C(=O)O)c(N2CCOCC2)nc1-c1ccc(C(=O)N[C@H](CC(=O)O)C(=O)O)cc1. The minimum Gasteiger partial charge on any atom is -0.481 e. The number of aromatic nitrogens is 2. The summed E-state index contributed by atoms with van der Waals surface area (Å²) in [4.78, 5) is 85.0. The number of nitrogens with one attached hydrogen (secondary N) is 2. The van der Waals surface area contributed by atoms with Crippen LogP contribution in [0.5, 0.6) is 0 Å². The van der Waals surface area contributed by atoms with E-state index in [2.05, 4.69) is 15.6 Å². The molecule has 1 fully saturated rings. The van der Waals surface area contributed by atoms with E-state index in [0.29, 0.717) is 18.7 Å². The second-order valence-corrected chi connectivity index (χ2v) is 10.6. The van der Waals surface area contributed by atoms with Crippen LogP contribution < -0.4 is 20.4 Å². The molecule has 1 aliphatic rings. The number of amides is 2. The number of ether oxygens (including phenoxy) is 3. The molecule has 0 unspecified atom stereocenters. The van der Waals surface area contributed by atoms with Crippen molar-refractivity contribution in [2.45, 2.75) is 24.9 Å². The van der Waals surface area contributed by atoms with Crippen LogP contribution in [0.25, 0.3) is 11.3 Å². The first-order valence-corrected chi connectivity index (χ1v) is 14.9. The van der Waals surface area contributed by atoms with Gasteiger partial charge < -0.3 is 55.1 Å². The van der Waals surface area contributed by atoms with Crippen LogP contribution in [0.1, 0.15) is 33.7 Å². The van der Waals surface area contributed by atoms with Gasteiger partial charge in [-0.05, 0) is 12.1 Å². The first-order chi connectivity index (χ1) is 23.4. The molecule has 49 heavy (non-hydrogen) atoms. The summed E-state index contributed by atoms with van der Waals surface area (Å²) < 4.78 is 16.0. The third-order valence-electron chi connectivity index (χ3n) is 7.20. The van der Waals surface area contributed by atoms with Crippen LogP contribution in [0.2, 0.25) is 0 Å². The number of aliphatic carboxylic acids is 4. The molecular weight excluding hydrogens is 652 g/mol. The number of carboxylic acids is 4. The van der Waals surface area contributed by atoms with Crippen LogP contribution in [0.15, 0.2) is 24.3 Å². The lowest BCUT2D eigenvalue weighted by molar-refractivity contribution is -0.145. The highest BCUT2D eigenvalue weighted by atomic mass is 16.5. The second-order valence-electron chi connectivity index (χ2n) is 10.6. The van der Waals surface area contributed by atoms with E-state index in [0.717, 1.165) is 0 Å². The molecule has 19 heteroatoms. The molecule has 0 saturated carbocycles. The molecule has 6 N–H and O–H groups in total. The van der Waals surface area contributed by atoms with Crippen molar-refractivity contribution in [1.29, 1.82) is 0 Å². The minimum absolute atomic E-state index is 0.0214. The smallest absolute Gasteiger partial charge is 0.326 e. The van der Waals surface area contributed by atoms with Crippen molar-refractivity contribution < 1.29 is 63.4 Å². The van der Waals surface area contributed by atoms with E-state index in [1.165, 1.54) is 38.5 Å². The minimum atomic E-state index is -1.76. The van der Waals surface area contributed by atoms with Crippen molar-refractivity contribution in [3.63, 3.8) is 0 Å². The summed E-state index contributed by atoms with van der Waals surface area (Å²) >= 11 is 0. The Morgan fingerprint density at radius 1 is 0.816 bits per heavy atom. The van der Waals surface area contributed by atoms with Gasteiger partial charge in [-0.3, -0.25) is 19.2 Å². The van der Waals surface area contributed by atoms with Crippen LogP contribution in [-0.4, -0.2) is 145 Å². The highest BCUT2D eigenvalue weighted by Gasteiger charge is 2.31. The third kappa shape index (κ3) is 10.8. The van der Waals surface area contributed by atoms with Gasteiger partial charge in [-0.1, -0.05) is 12.1 Å². The zero-order valence-electron chi connectivity index (χ0n) is 26.8. The molecule has 1 aromatic heterocycles. The van der Waals surface area contributed by atoms with E-state index < -0.39 is 60.6 Å². The Kier molecular flexibility index (Phi) is 14.2. The van der Waals surface area contributed by atoms with Crippen molar-refractivity contribution in [1.82, 2.24) is 20.6 Å². The number of carbonyl (C=O) groups excluding carboxylic acids is 2. The largest absolute Gasteiger partial charge is 0.481 e. The maximum atomic E-state index is 13.7. The predicted molar refractivity (Wildman–Crippen MR) is 169 cm³/mol. The normalized spacial score (nSPS) is 14.0. The number of benzene rings is 1. The highest BCUT2D eigenvalue weighted by molar-refractivity contribution is 6.01. The predicted octanol–water partition coefficient (Wildman–Crippen LogP) is -0.605. The summed E-state index contributed by atoms with van der Waals surface area (Å²) in [6.45, 7) is 2.09. The summed E-state index contributed by atoms with van der Waals surface area (Å²) in [7, 11) is 2.98. The van der Waals surface area contributed by atoms with Crippen molar-refractivity contribution in [3.8, 4) is 11.3 Å². The number of rotatable bonds is 19. The molecule has 2 heterocycles. The molecule has 3 rings (SSSR count). The number of nitrogens with zero attached hydrogens (tertiary/aromatic N) is 4. The van der Waals surface area contributed by atoms with Gasteiger partial charge in [0.1, 0.15) is 17.8 Å². The van der Waals surface area contributed by atoms with Gasteiger partial charge >= 0.3 is 23.9 Å². The average Bonchev–Trinajstić information content (AvgIpc) is 3.07. The number of hydrogen-bond acceptors (Lipinski definition) is 13. The number of anilines is 2. The molecule has 2 amide bonds. The van der Waals surface area contributed by atoms with Gasteiger partial charge in [-0.25, -0.2) is 19.6 Å². The molecule has 0 aliphatic carbocycles. The van der Waals surface area contributed by atoms with Gasteiger partial charge in [0.15, 0.2) is 17.3 Å². The van der Waals surface area contributed by atoms with Crippen molar-refractivity contribution in [2.75, 3.05) is 76.6 Å². The van der Waals surface area contributed by atoms with Crippen LogP contribution >= 0.6 is 0 Å². The first-order valence-electron chi connectivity index (χ1n) is 14.9. The Morgan fingerprint density at radius 2 is 1.33 bits per heavy atom. The van der Waals surface area contributed by atoms with Crippen LogP contribution in [0.4, 0.5) is 11.6 Å². The third-order valence-corrected chi connectivity index (χ3v) is 7.20. The van der Waals surface area contributed by atoms with E-state index in [1.807, 2.05) is 0 Å². The number of carboxylic acid groups (broad SMARTS) is 4. The molecular formula is C30H38N6O13. The van der Waals surface area contributed by atoms with Gasteiger partial charge in [0.05, 0.1) is 39.3 Å². The quantitative estimate of drug-likeness (QED) is 0.107. The molecule has 1 aliphatic heterocycles. The standard InChI is InChI=1S/C30H38N6O13/c1-47-11-7-35(8-12-48-2)25-23(17-3-5-18(6-4-17)27(41)31-19(29(43)44)15-21(37)38)33-26(36-9-13-49-14-10-36)24(34-25)28(42)32-20(30(45)46)16-22(39)40/h3-6,19-20H,7-16H2,1-2H3,(H,31,41)(H,32,42)(H,37,38)(H,39,40)(H,43,44)(H,45,46)/t19-,20-/m1/s1. The maximum Gasteiger partial charge on any atom is 0.326 e. The zero-order valence-corrected chi connectivity index (χ0v) is 26.8. The van der Waals surface area contributed by atoms with Gasteiger partial charge in [-0.15, -0.1) is 0 Å². The second kappa shape index (κ2) is 18.2. The van der Waals surface area contributed by atoms with Crippen LogP contribution in [0, 0.1) is 0 Å². The summed E-state index contributed by atoms with van der Waals surface area (Å²) in [5.74, 6) is -7.50.